The molecule has 0 aromatic heterocycles. The van der Waals surface area contributed by atoms with Crippen molar-refractivity contribution in [2.75, 3.05) is 19.6 Å². The Hall–Kier alpha value is -1.10. The van der Waals surface area contributed by atoms with E-state index in [2.05, 4.69) is 15.5 Å². The lowest BCUT2D eigenvalue weighted by atomic mass is 9.95. The first kappa shape index (κ1) is 18.2. The van der Waals surface area contributed by atoms with Gasteiger partial charge in [-0.05, 0) is 53.0 Å². The van der Waals surface area contributed by atoms with Crippen molar-refractivity contribution in [3.8, 4) is 0 Å². The number of nitrogens with one attached hydrogen (secondary N) is 2. The summed E-state index contributed by atoms with van der Waals surface area (Å²) in [4.78, 5) is 26.7. The minimum absolute atomic E-state index is 0.00505. The lowest BCUT2D eigenvalue weighted by molar-refractivity contribution is -0.130. The number of hydrogen-bond acceptors (Lipinski definition) is 3. The first-order valence-electron chi connectivity index (χ1n) is 9.17. The van der Waals surface area contributed by atoms with Gasteiger partial charge in [-0.2, -0.15) is 0 Å². The predicted molar refractivity (Wildman–Crippen MR) is 92.1 cm³/mol. The van der Waals surface area contributed by atoms with Crippen LogP contribution in [0, 0.1) is 5.92 Å². The van der Waals surface area contributed by atoms with Crippen LogP contribution >= 0.6 is 0 Å². The van der Waals surface area contributed by atoms with Gasteiger partial charge in [-0.25, -0.2) is 0 Å². The molecule has 2 aliphatic rings. The van der Waals surface area contributed by atoms with E-state index < -0.39 is 0 Å². The van der Waals surface area contributed by atoms with Crippen molar-refractivity contribution >= 4 is 11.8 Å². The molecule has 0 aromatic carbocycles. The maximum Gasteiger partial charge on any atom is 0.234 e. The van der Waals surface area contributed by atoms with Crippen LogP contribution in [0.5, 0.6) is 0 Å². The second-order valence-electron chi connectivity index (χ2n) is 8.22. The average molecular weight is 323 g/mol. The summed E-state index contributed by atoms with van der Waals surface area (Å²) in [5.41, 5.74) is -0.197. The maximum absolute atomic E-state index is 12.3. The van der Waals surface area contributed by atoms with Crippen LogP contribution in [-0.2, 0) is 9.59 Å². The molecule has 0 spiro atoms. The molecule has 1 atom stereocenters. The molecule has 1 unspecified atom stereocenters. The van der Waals surface area contributed by atoms with Gasteiger partial charge >= 0.3 is 0 Å². The number of hydrogen-bond donors (Lipinski definition) is 2. The van der Waals surface area contributed by atoms with Crippen molar-refractivity contribution in [3.63, 3.8) is 0 Å². The van der Waals surface area contributed by atoms with Crippen LogP contribution in [0.1, 0.15) is 65.7 Å². The molecule has 2 rings (SSSR count). The van der Waals surface area contributed by atoms with E-state index in [4.69, 9.17) is 0 Å². The molecule has 1 aliphatic carbocycles. The zero-order valence-electron chi connectivity index (χ0n) is 15.0. The highest BCUT2D eigenvalue weighted by atomic mass is 16.2. The second-order valence-corrected chi connectivity index (χ2v) is 8.22. The van der Waals surface area contributed by atoms with Gasteiger partial charge in [0.1, 0.15) is 0 Å². The summed E-state index contributed by atoms with van der Waals surface area (Å²) in [6, 6.07) is 0.362. The zero-order valence-corrected chi connectivity index (χ0v) is 15.0. The number of carbonyl (C=O) groups is 2. The summed E-state index contributed by atoms with van der Waals surface area (Å²) in [7, 11) is 0. The summed E-state index contributed by atoms with van der Waals surface area (Å²) < 4.78 is 0. The molecule has 1 heterocycles. The van der Waals surface area contributed by atoms with Gasteiger partial charge in [0.15, 0.2) is 0 Å². The van der Waals surface area contributed by atoms with E-state index in [1.807, 2.05) is 20.8 Å². The van der Waals surface area contributed by atoms with E-state index in [9.17, 15) is 9.59 Å². The normalized spacial score (nSPS) is 24.2. The molecule has 5 heteroatoms. The Morgan fingerprint density at radius 3 is 2.39 bits per heavy atom. The van der Waals surface area contributed by atoms with Crippen molar-refractivity contribution in [1.29, 1.82) is 0 Å². The Bertz CT molecular complexity index is 411. The Morgan fingerprint density at radius 2 is 1.74 bits per heavy atom. The molecule has 2 amide bonds. The highest BCUT2D eigenvalue weighted by molar-refractivity contribution is 5.80. The second kappa shape index (κ2) is 8.13. The number of rotatable bonds is 4. The standard InChI is InChI=1S/C18H33N3O2/c1-18(2,3)20-17(23)14-8-7-11-21(12-14)13-16(22)19-15-9-5-4-6-10-15/h14-15H,4-13H2,1-3H3,(H,19,22)(H,20,23). The summed E-state index contributed by atoms with van der Waals surface area (Å²) in [5, 5.41) is 6.23. The van der Waals surface area contributed by atoms with Crippen molar-refractivity contribution < 1.29 is 9.59 Å². The van der Waals surface area contributed by atoms with Gasteiger partial charge in [-0.1, -0.05) is 19.3 Å². The van der Waals surface area contributed by atoms with Crippen LogP contribution < -0.4 is 10.6 Å². The Labute approximate surface area is 140 Å². The van der Waals surface area contributed by atoms with Crippen LogP contribution in [0.2, 0.25) is 0 Å². The van der Waals surface area contributed by atoms with Crippen LogP contribution in [0.3, 0.4) is 0 Å². The van der Waals surface area contributed by atoms with Crippen molar-refractivity contribution in [2.24, 2.45) is 5.92 Å². The van der Waals surface area contributed by atoms with E-state index in [0.29, 0.717) is 19.1 Å². The van der Waals surface area contributed by atoms with Crippen LogP contribution in [0.15, 0.2) is 0 Å². The van der Waals surface area contributed by atoms with E-state index in [-0.39, 0.29) is 23.3 Å². The first-order chi connectivity index (χ1) is 10.8. The Balaban J connectivity index is 1.76. The van der Waals surface area contributed by atoms with Gasteiger partial charge < -0.3 is 10.6 Å². The fourth-order valence-corrected chi connectivity index (χ4v) is 3.61. The van der Waals surface area contributed by atoms with Crippen molar-refractivity contribution in [2.45, 2.75) is 77.3 Å². The summed E-state index contributed by atoms with van der Waals surface area (Å²) in [5.74, 6) is 0.245. The van der Waals surface area contributed by atoms with Crippen molar-refractivity contribution in [3.05, 3.63) is 0 Å². The summed E-state index contributed by atoms with van der Waals surface area (Å²) >= 11 is 0. The molecule has 2 N–H and O–H groups in total. The average Bonchev–Trinajstić information content (AvgIpc) is 2.46. The molecule has 0 bridgehead atoms. The molecular formula is C18H33N3O2. The van der Waals surface area contributed by atoms with Gasteiger partial charge in [-0.3, -0.25) is 14.5 Å². The van der Waals surface area contributed by atoms with Gasteiger partial charge in [0.2, 0.25) is 11.8 Å². The molecule has 5 nitrogen and oxygen atoms in total. The largest absolute Gasteiger partial charge is 0.352 e. The van der Waals surface area contributed by atoms with Gasteiger partial charge in [0.05, 0.1) is 12.5 Å². The van der Waals surface area contributed by atoms with E-state index in [1.54, 1.807) is 0 Å². The molecule has 1 saturated heterocycles. The van der Waals surface area contributed by atoms with E-state index >= 15 is 0 Å². The predicted octanol–water partition coefficient (Wildman–Crippen LogP) is 2.06. The highest BCUT2D eigenvalue weighted by Gasteiger charge is 2.29. The van der Waals surface area contributed by atoms with Crippen LogP contribution in [-0.4, -0.2) is 47.9 Å². The van der Waals surface area contributed by atoms with Crippen LogP contribution in [0.25, 0.3) is 0 Å². The lowest BCUT2D eigenvalue weighted by Gasteiger charge is -2.33. The molecule has 132 valence electrons. The van der Waals surface area contributed by atoms with Gasteiger partial charge in [-0.15, -0.1) is 0 Å². The quantitative estimate of drug-likeness (QED) is 0.832. The number of carbonyl (C=O) groups excluding carboxylic acids is 2. The van der Waals surface area contributed by atoms with Crippen LogP contribution in [0.4, 0.5) is 0 Å². The maximum atomic E-state index is 12.3. The monoisotopic (exact) mass is 323 g/mol. The van der Waals surface area contributed by atoms with Crippen molar-refractivity contribution in [1.82, 2.24) is 15.5 Å². The summed E-state index contributed by atoms with van der Waals surface area (Å²) in [6.07, 6.45) is 7.88. The number of amides is 2. The molecule has 0 aromatic rings. The Morgan fingerprint density at radius 1 is 1.04 bits per heavy atom. The topological polar surface area (TPSA) is 61.4 Å². The highest BCUT2D eigenvalue weighted by Crippen LogP contribution is 2.19. The Kier molecular flexibility index (Phi) is 6.45. The summed E-state index contributed by atoms with van der Waals surface area (Å²) in [6.45, 7) is 8.04. The smallest absolute Gasteiger partial charge is 0.234 e. The number of nitrogens with zero attached hydrogens (tertiary/aromatic N) is 1. The zero-order chi connectivity index (χ0) is 16.9. The molecule has 0 radical (unpaired) electrons. The molecule has 1 aliphatic heterocycles. The number of likely N-dealkylation sites (tertiary alicyclic amines) is 1. The number of piperidine rings is 1. The van der Waals surface area contributed by atoms with E-state index in [0.717, 1.165) is 32.2 Å². The fraction of sp³-hybridized carbons (Fsp3) is 0.889. The van der Waals surface area contributed by atoms with E-state index in [1.165, 1.54) is 19.3 Å². The minimum atomic E-state index is -0.197. The SMILES string of the molecule is CC(C)(C)NC(=O)C1CCCN(CC(=O)NC2CCCCC2)C1. The molecule has 2 fully saturated rings. The first-order valence-corrected chi connectivity index (χ1v) is 9.17. The molecule has 23 heavy (non-hydrogen) atoms. The van der Waals surface area contributed by atoms with Gasteiger partial charge in [0, 0.05) is 18.1 Å². The third kappa shape index (κ3) is 6.50. The lowest BCUT2D eigenvalue weighted by Crippen LogP contribution is -2.50. The molecule has 1 saturated carbocycles. The third-order valence-electron chi connectivity index (χ3n) is 4.71. The fourth-order valence-electron chi connectivity index (χ4n) is 3.61. The molecular weight excluding hydrogens is 290 g/mol. The van der Waals surface area contributed by atoms with Gasteiger partial charge in [0.25, 0.3) is 0 Å². The minimum Gasteiger partial charge on any atom is -0.352 e. The third-order valence-corrected chi connectivity index (χ3v) is 4.71.